The Kier molecular flexibility index (Phi) is 4.48. The number of nitrogens with two attached hydrogens (primary N) is 1. The number of piperidine rings is 1. The molecule has 122 valence electrons. The molecule has 0 aliphatic carbocycles. The summed E-state index contributed by atoms with van der Waals surface area (Å²) in [6, 6.07) is 7.77. The van der Waals surface area contributed by atoms with Crippen LogP contribution < -0.4 is 5.73 Å². The highest BCUT2D eigenvalue weighted by Crippen LogP contribution is 2.22. The van der Waals surface area contributed by atoms with Crippen molar-refractivity contribution < 1.29 is 4.79 Å². The number of rotatable bonds is 3. The van der Waals surface area contributed by atoms with Crippen molar-refractivity contribution in [3.8, 4) is 5.69 Å². The van der Waals surface area contributed by atoms with Gasteiger partial charge in [0.15, 0.2) is 0 Å². The number of benzene rings is 1. The molecule has 5 heteroatoms. The van der Waals surface area contributed by atoms with Gasteiger partial charge >= 0.3 is 0 Å². The van der Waals surface area contributed by atoms with Gasteiger partial charge in [0.25, 0.3) is 5.91 Å². The Morgan fingerprint density at radius 1 is 1.30 bits per heavy atom. The van der Waals surface area contributed by atoms with Crippen LogP contribution in [0.3, 0.4) is 0 Å². The van der Waals surface area contributed by atoms with E-state index in [0.29, 0.717) is 5.56 Å². The number of hydrogen-bond donors (Lipinski definition) is 1. The Morgan fingerprint density at radius 2 is 2.04 bits per heavy atom. The lowest BCUT2D eigenvalue weighted by Crippen LogP contribution is -2.51. The van der Waals surface area contributed by atoms with Crippen LogP contribution in [-0.4, -0.2) is 39.2 Å². The van der Waals surface area contributed by atoms with Crippen molar-refractivity contribution in [2.75, 3.05) is 6.54 Å². The van der Waals surface area contributed by atoms with Crippen LogP contribution >= 0.6 is 0 Å². The molecular weight excluding hydrogens is 288 g/mol. The maximum atomic E-state index is 12.8. The van der Waals surface area contributed by atoms with Crippen LogP contribution in [0.4, 0.5) is 0 Å². The van der Waals surface area contributed by atoms with E-state index in [-0.39, 0.29) is 18.0 Å². The lowest BCUT2D eigenvalue weighted by atomic mass is 9.96. The molecule has 0 unspecified atom stereocenters. The van der Waals surface area contributed by atoms with Gasteiger partial charge in [-0.15, -0.1) is 0 Å². The maximum Gasteiger partial charge on any atom is 0.254 e. The minimum absolute atomic E-state index is 0.00516. The third kappa shape index (κ3) is 3.29. The Labute approximate surface area is 137 Å². The largest absolute Gasteiger partial charge is 0.334 e. The van der Waals surface area contributed by atoms with Crippen molar-refractivity contribution in [2.45, 2.75) is 45.2 Å². The molecule has 3 rings (SSSR count). The fourth-order valence-electron chi connectivity index (χ4n) is 3.23. The molecule has 0 bridgehead atoms. The first-order chi connectivity index (χ1) is 11.1. The molecule has 0 saturated carbocycles. The summed E-state index contributed by atoms with van der Waals surface area (Å²) >= 11 is 0. The number of aromatic nitrogens is 2. The first-order valence-electron chi connectivity index (χ1n) is 8.24. The summed E-state index contributed by atoms with van der Waals surface area (Å²) in [7, 11) is 0. The first kappa shape index (κ1) is 15.7. The number of hydrogen-bond acceptors (Lipinski definition) is 3. The van der Waals surface area contributed by atoms with E-state index in [1.807, 2.05) is 60.1 Å². The van der Waals surface area contributed by atoms with Gasteiger partial charge in [0.1, 0.15) is 0 Å². The summed E-state index contributed by atoms with van der Waals surface area (Å²) < 4.78 is 1.81. The molecule has 2 aromatic rings. The molecule has 1 fully saturated rings. The van der Waals surface area contributed by atoms with Gasteiger partial charge in [-0.3, -0.25) is 4.79 Å². The van der Waals surface area contributed by atoms with Gasteiger partial charge in [0.05, 0.1) is 11.9 Å². The minimum atomic E-state index is 0.00516. The Hall–Kier alpha value is -2.14. The number of nitrogens with zero attached hydrogens (tertiary/aromatic N) is 3. The number of carbonyl (C=O) groups is 1. The normalized spacial score (nSPS) is 19.6. The summed E-state index contributed by atoms with van der Waals surface area (Å²) in [5.41, 5.74) is 8.85. The van der Waals surface area contributed by atoms with Crippen molar-refractivity contribution in [3.63, 3.8) is 0 Å². The summed E-state index contributed by atoms with van der Waals surface area (Å²) in [5, 5.41) is 4.29. The van der Waals surface area contributed by atoms with Crippen molar-refractivity contribution in [2.24, 2.45) is 5.73 Å². The lowest BCUT2D eigenvalue weighted by molar-refractivity contribution is 0.0584. The predicted molar refractivity (Wildman–Crippen MR) is 90.6 cm³/mol. The zero-order valence-corrected chi connectivity index (χ0v) is 13.8. The summed E-state index contributed by atoms with van der Waals surface area (Å²) in [6.07, 6.45) is 6.98. The van der Waals surface area contributed by atoms with E-state index < -0.39 is 0 Å². The van der Waals surface area contributed by atoms with Gasteiger partial charge in [0, 0.05) is 30.4 Å². The van der Waals surface area contributed by atoms with Crippen LogP contribution in [-0.2, 0) is 0 Å². The Bertz CT molecular complexity index is 675. The average Bonchev–Trinajstić information content (AvgIpc) is 3.01. The van der Waals surface area contributed by atoms with E-state index in [4.69, 9.17) is 5.73 Å². The fourth-order valence-corrected chi connectivity index (χ4v) is 3.23. The summed E-state index contributed by atoms with van der Waals surface area (Å²) in [4.78, 5) is 14.8. The van der Waals surface area contributed by atoms with Gasteiger partial charge in [-0.25, -0.2) is 4.68 Å². The number of likely N-dealkylation sites (tertiary alicyclic amines) is 1. The monoisotopic (exact) mass is 312 g/mol. The van der Waals surface area contributed by atoms with Crippen molar-refractivity contribution in [1.29, 1.82) is 0 Å². The highest BCUT2D eigenvalue weighted by atomic mass is 16.2. The van der Waals surface area contributed by atoms with Crippen LogP contribution in [0.1, 0.15) is 42.1 Å². The van der Waals surface area contributed by atoms with Crippen LogP contribution in [0.2, 0.25) is 0 Å². The molecule has 0 spiro atoms. The molecule has 1 saturated heterocycles. The summed E-state index contributed by atoms with van der Waals surface area (Å²) in [5.74, 6) is 0.0789. The molecule has 0 radical (unpaired) electrons. The van der Waals surface area contributed by atoms with Crippen molar-refractivity contribution in [1.82, 2.24) is 14.7 Å². The standard InChI is InChI=1S/C18H24N4O/c1-13-11-20-22(12-13)16-8-6-15(7-9-16)18(23)21-10-4-3-5-17(21)14(2)19/h6-9,11-12,14,17H,3-5,10,19H2,1-2H3/t14-,17+/m0/s1. The molecule has 2 N–H and O–H groups in total. The lowest BCUT2D eigenvalue weighted by Gasteiger charge is -2.38. The van der Waals surface area contributed by atoms with Crippen molar-refractivity contribution in [3.05, 3.63) is 47.8 Å². The summed E-state index contributed by atoms with van der Waals surface area (Å²) in [6.45, 7) is 4.79. The minimum Gasteiger partial charge on any atom is -0.334 e. The fraction of sp³-hybridized carbons (Fsp3) is 0.444. The van der Waals surface area contributed by atoms with E-state index in [1.165, 1.54) is 0 Å². The van der Waals surface area contributed by atoms with E-state index in [0.717, 1.165) is 37.1 Å². The average molecular weight is 312 g/mol. The van der Waals surface area contributed by atoms with Gasteiger partial charge in [0.2, 0.25) is 0 Å². The topological polar surface area (TPSA) is 64.2 Å². The molecule has 1 aromatic heterocycles. The zero-order chi connectivity index (χ0) is 16.4. The highest BCUT2D eigenvalue weighted by molar-refractivity contribution is 5.94. The van der Waals surface area contributed by atoms with Crippen LogP contribution in [0.25, 0.3) is 5.69 Å². The van der Waals surface area contributed by atoms with Crippen LogP contribution in [0.5, 0.6) is 0 Å². The van der Waals surface area contributed by atoms with E-state index in [1.54, 1.807) is 0 Å². The molecule has 2 atom stereocenters. The van der Waals surface area contributed by atoms with E-state index in [2.05, 4.69) is 5.10 Å². The number of carbonyl (C=O) groups excluding carboxylic acids is 1. The maximum absolute atomic E-state index is 12.8. The molecule has 1 aromatic carbocycles. The molecular formula is C18H24N4O. The molecule has 1 aliphatic heterocycles. The van der Waals surface area contributed by atoms with Gasteiger partial charge in [-0.2, -0.15) is 5.10 Å². The number of aryl methyl sites for hydroxylation is 1. The molecule has 1 amide bonds. The Balaban J connectivity index is 1.79. The second-order valence-electron chi connectivity index (χ2n) is 6.43. The van der Waals surface area contributed by atoms with E-state index >= 15 is 0 Å². The second-order valence-corrected chi connectivity index (χ2v) is 6.43. The SMILES string of the molecule is Cc1cnn(-c2ccc(C(=O)N3CCCC[C@@H]3[C@H](C)N)cc2)c1. The van der Waals surface area contributed by atoms with Crippen LogP contribution in [0, 0.1) is 6.92 Å². The third-order valence-corrected chi connectivity index (χ3v) is 4.51. The molecule has 2 heterocycles. The van der Waals surface area contributed by atoms with Gasteiger partial charge in [-0.1, -0.05) is 0 Å². The Morgan fingerprint density at radius 3 is 2.65 bits per heavy atom. The van der Waals surface area contributed by atoms with Crippen LogP contribution in [0.15, 0.2) is 36.7 Å². The quantitative estimate of drug-likeness (QED) is 0.947. The second kappa shape index (κ2) is 6.54. The molecule has 5 nitrogen and oxygen atoms in total. The predicted octanol–water partition coefficient (Wildman–Crippen LogP) is 2.52. The smallest absolute Gasteiger partial charge is 0.254 e. The first-order valence-corrected chi connectivity index (χ1v) is 8.24. The molecule has 23 heavy (non-hydrogen) atoms. The van der Waals surface area contributed by atoms with Gasteiger partial charge in [-0.05, 0) is 62.9 Å². The highest BCUT2D eigenvalue weighted by Gasteiger charge is 2.29. The van der Waals surface area contributed by atoms with Crippen molar-refractivity contribution >= 4 is 5.91 Å². The number of amides is 1. The zero-order valence-electron chi connectivity index (χ0n) is 13.8. The van der Waals surface area contributed by atoms with E-state index in [9.17, 15) is 4.79 Å². The van der Waals surface area contributed by atoms with Gasteiger partial charge < -0.3 is 10.6 Å². The molecule has 1 aliphatic rings. The third-order valence-electron chi connectivity index (χ3n) is 4.51.